The van der Waals surface area contributed by atoms with Crippen LogP contribution in [0, 0.1) is 0 Å². The first-order chi connectivity index (χ1) is 9.79. The maximum atomic E-state index is 11.8. The molecule has 1 aliphatic rings. The molecule has 2 heterocycles. The quantitative estimate of drug-likeness (QED) is 0.706. The van der Waals surface area contributed by atoms with Crippen LogP contribution in [-0.2, 0) is 11.3 Å². The number of nitrogens with zero attached hydrogens (tertiary/aromatic N) is 2. The van der Waals surface area contributed by atoms with Crippen LogP contribution >= 0.6 is 36.2 Å². The van der Waals surface area contributed by atoms with Gasteiger partial charge in [-0.3, -0.25) is 9.69 Å². The summed E-state index contributed by atoms with van der Waals surface area (Å²) < 4.78 is 5.31. The molecule has 1 amide bonds. The lowest BCUT2D eigenvalue weighted by Gasteiger charge is -2.26. The number of ether oxygens (including phenoxy) is 1. The number of morpholine rings is 1. The van der Waals surface area contributed by atoms with Crippen molar-refractivity contribution in [2.24, 2.45) is 5.73 Å². The maximum absolute atomic E-state index is 11.8. The third-order valence-electron chi connectivity index (χ3n) is 3.25. The number of nitrogens with two attached hydrogens (primary N) is 1. The molecule has 22 heavy (non-hydrogen) atoms. The fourth-order valence-corrected chi connectivity index (χ4v) is 2.74. The van der Waals surface area contributed by atoms with E-state index in [1.165, 1.54) is 11.3 Å². The van der Waals surface area contributed by atoms with Crippen LogP contribution in [0.25, 0.3) is 0 Å². The Hall–Kier alpha value is -0.440. The Labute approximate surface area is 147 Å². The number of amides is 1. The average molecular weight is 371 g/mol. The van der Waals surface area contributed by atoms with Gasteiger partial charge in [-0.1, -0.05) is 0 Å². The Morgan fingerprint density at radius 2 is 2.09 bits per heavy atom. The number of unbranched alkanes of at least 4 members (excludes halogenated alkanes) is 1. The Bertz CT molecular complexity index is 428. The number of thiazole rings is 1. The van der Waals surface area contributed by atoms with E-state index >= 15 is 0 Å². The summed E-state index contributed by atoms with van der Waals surface area (Å²) in [6.07, 6.45) is 2.07. The molecule has 0 unspecified atom stereocenters. The van der Waals surface area contributed by atoms with Crippen molar-refractivity contribution in [3.05, 3.63) is 16.1 Å². The summed E-state index contributed by atoms with van der Waals surface area (Å²) in [5.74, 6) is -0.104. The van der Waals surface area contributed by atoms with Crippen LogP contribution in [0.4, 0.5) is 0 Å². The molecule has 0 saturated carbocycles. The zero-order valence-corrected chi connectivity index (χ0v) is 14.9. The number of carbonyl (C=O) groups excluding carboxylic acids is 1. The van der Waals surface area contributed by atoms with Gasteiger partial charge in [0, 0.05) is 31.6 Å². The van der Waals surface area contributed by atoms with Crippen molar-refractivity contribution >= 4 is 42.1 Å². The van der Waals surface area contributed by atoms with Crippen LogP contribution in [0.1, 0.15) is 28.3 Å². The van der Waals surface area contributed by atoms with Gasteiger partial charge in [-0.25, -0.2) is 4.98 Å². The molecule has 128 valence electrons. The summed E-state index contributed by atoms with van der Waals surface area (Å²) in [6, 6.07) is 0. The largest absolute Gasteiger partial charge is 0.379 e. The molecular formula is C13H24Cl2N4O2S. The Morgan fingerprint density at radius 1 is 1.36 bits per heavy atom. The third kappa shape index (κ3) is 7.21. The predicted octanol–water partition coefficient (Wildman–Crippen LogP) is 1.29. The fraction of sp³-hybridized carbons (Fsp3) is 0.692. The monoisotopic (exact) mass is 370 g/mol. The van der Waals surface area contributed by atoms with Gasteiger partial charge in [0.2, 0.25) is 0 Å². The zero-order chi connectivity index (χ0) is 14.2. The van der Waals surface area contributed by atoms with Crippen molar-refractivity contribution < 1.29 is 9.53 Å². The highest BCUT2D eigenvalue weighted by Gasteiger charge is 2.11. The Balaban J connectivity index is 0.00000220. The SMILES string of the molecule is Cl.Cl.NCc1nc(C(=O)NCCCCN2CCOCC2)cs1. The molecule has 2 rings (SSSR count). The van der Waals surface area contributed by atoms with Gasteiger partial charge in [0.05, 0.1) is 13.2 Å². The van der Waals surface area contributed by atoms with Crippen molar-refractivity contribution in [2.75, 3.05) is 39.4 Å². The van der Waals surface area contributed by atoms with Crippen molar-refractivity contribution in [1.82, 2.24) is 15.2 Å². The number of hydrogen-bond donors (Lipinski definition) is 2. The molecule has 1 aromatic heterocycles. The number of hydrogen-bond acceptors (Lipinski definition) is 6. The van der Waals surface area contributed by atoms with Crippen LogP contribution in [-0.4, -0.2) is 55.2 Å². The van der Waals surface area contributed by atoms with E-state index in [1.807, 2.05) is 0 Å². The molecule has 9 heteroatoms. The molecule has 6 nitrogen and oxygen atoms in total. The second kappa shape index (κ2) is 12.0. The smallest absolute Gasteiger partial charge is 0.270 e. The lowest BCUT2D eigenvalue weighted by Crippen LogP contribution is -2.37. The lowest BCUT2D eigenvalue weighted by atomic mass is 10.2. The van der Waals surface area contributed by atoms with E-state index in [0.29, 0.717) is 18.8 Å². The maximum Gasteiger partial charge on any atom is 0.270 e. The minimum Gasteiger partial charge on any atom is -0.379 e. The molecular weight excluding hydrogens is 347 g/mol. The number of nitrogens with one attached hydrogen (secondary N) is 1. The van der Waals surface area contributed by atoms with Gasteiger partial charge in [-0.2, -0.15) is 0 Å². The second-order valence-corrected chi connectivity index (χ2v) is 5.69. The first kappa shape index (κ1) is 21.6. The van der Waals surface area contributed by atoms with E-state index in [4.69, 9.17) is 10.5 Å². The van der Waals surface area contributed by atoms with Gasteiger partial charge in [0.15, 0.2) is 0 Å². The summed E-state index contributed by atoms with van der Waals surface area (Å²) in [7, 11) is 0. The van der Waals surface area contributed by atoms with Crippen molar-refractivity contribution in [2.45, 2.75) is 19.4 Å². The highest BCUT2D eigenvalue weighted by atomic mass is 35.5. The number of aromatic nitrogens is 1. The van der Waals surface area contributed by atoms with Gasteiger partial charge in [-0.05, 0) is 19.4 Å². The van der Waals surface area contributed by atoms with Gasteiger partial charge >= 0.3 is 0 Å². The molecule has 0 radical (unpaired) electrons. The zero-order valence-electron chi connectivity index (χ0n) is 12.5. The van der Waals surface area contributed by atoms with Crippen LogP contribution in [0.2, 0.25) is 0 Å². The Morgan fingerprint density at radius 3 is 2.73 bits per heavy atom. The van der Waals surface area contributed by atoms with E-state index in [0.717, 1.165) is 50.7 Å². The summed E-state index contributed by atoms with van der Waals surface area (Å²) in [5, 5.41) is 5.44. The average Bonchev–Trinajstić information content (AvgIpc) is 2.97. The van der Waals surface area contributed by atoms with Crippen LogP contribution in [0.3, 0.4) is 0 Å². The molecule has 0 bridgehead atoms. The van der Waals surface area contributed by atoms with E-state index in [1.54, 1.807) is 5.38 Å². The highest BCUT2D eigenvalue weighted by molar-refractivity contribution is 7.09. The fourth-order valence-electron chi connectivity index (χ4n) is 2.09. The molecule has 1 saturated heterocycles. The van der Waals surface area contributed by atoms with Crippen molar-refractivity contribution in [3.8, 4) is 0 Å². The summed E-state index contributed by atoms with van der Waals surface area (Å²) in [5.41, 5.74) is 5.95. The first-order valence-corrected chi connectivity index (χ1v) is 7.90. The van der Waals surface area contributed by atoms with E-state index < -0.39 is 0 Å². The van der Waals surface area contributed by atoms with E-state index in [-0.39, 0.29) is 30.7 Å². The van der Waals surface area contributed by atoms with Gasteiger partial charge in [0.1, 0.15) is 10.7 Å². The van der Waals surface area contributed by atoms with Crippen molar-refractivity contribution in [3.63, 3.8) is 0 Å². The topological polar surface area (TPSA) is 80.5 Å². The molecule has 0 aromatic carbocycles. The minimum atomic E-state index is -0.104. The van der Waals surface area contributed by atoms with E-state index in [2.05, 4.69) is 15.2 Å². The van der Waals surface area contributed by atoms with Crippen LogP contribution in [0.5, 0.6) is 0 Å². The molecule has 1 fully saturated rings. The number of rotatable bonds is 7. The van der Waals surface area contributed by atoms with Gasteiger partial charge in [-0.15, -0.1) is 36.2 Å². The predicted molar refractivity (Wildman–Crippen MR) is 93.3 cm³/mol. The summed E-state index contributed by atoms with van der Waals surface area (Å²) >= 11 is 1.42. The number of halogens is 2. The van der Waals surface area contributed by atoms with Crippen LogP contribution in [0.15, 0.2) is 5.38 Å². The van der Waals surface area contributed by atoms with Crippen LogP contribution < -0.4 is 11.1 Å². The summed E-state index contributed by atoms with van der Waals surface area (Å²) in [6.45, 7) is 5.87. The Kier molecular flexibility index (Phi) is 11.8. The summed E-state index contributed by atoms with van der Waals surface area (Å²) in [4.78, 5) is 18.4. The molecule has 1 aliphatic heterocycles. The molecule has 3 N–H and O–H groups in total. The van der Waals surface area contributed by atoms with Gasteiger partial charge in [0.25, 0.3) is 5.91 Å². The van der Waals surface area contributed by atoms with Gasteiger partial charge < -0.3 is 15.8 Å². The molecule has 1 aromatic rings. The highest BCUT2D eigenvalue weighted by Crippen LogP contribution is 2.08. The minimum absolute atomic E-state index is 0. The standard InChI is InChI=1S/C13H22N4O2S.2ClH/c14-9-12-16-11(10-20-12)13(18)15-3-1-2-4-17-5-7-19-8-6-17;;/h10H,1-9,14H2,(H,15,18);2*1H. The number of carbonyl (C=O) groups is 1. The first-order valence-electron chi connectivity index (χ1n) is 7.02. The molecule has 0 atom stereocenters. The normalized spacial score (nSPS) is 14.8. The van der Waals surface area contributed by atoms with E-state index in [9.17, 15) is 4.79 Å². The second-order valence-electron chi connectivity index (χ2n) is 4.75. The molecule has 0 spiro atoms. The lowest BCUT2D eigenvalue weighted by molar-refractivity contribution is 0.0372. The van der Waals surface area contributed by atoms with Crippen molar-refractivity contribution in [1.29, 1.82) is 0 Å². The third-order valence-corrected chi connectivity index (χ3v) is 4.12. The molecule has 0 aliphatic carbocycles.